The van der Waals surface area contributed by atoms with Gasteiger partial charge in [0.15, 0.2) is 0 Å². The van der Waals surface area contributed by atoms with Crippen molar-refractivity contribution in [3.8, 4) is 22.3 Å². The second-order valence-electron chi connectivity index (χ2n) is 13.7. The number of rotatable bonds is 10. The minimum atomic E-state index is -0.700. The number of ether oxygens (including phenoxy) is 1. The van der Waals surface area contributed by atoms with Crippen molar-refractivity contribution in [3.63, 3.8) is 0 Å². The van der Waals surface area contributed by atoms with Gasteiger partial charge in [-0.05, 0) is 105 Å². The highest BCUT2D eigenvalue weighted by Gasteiger charge is 2.43. The molecule has 6 rings (SSSR count). The van der Waals surface area contributed by atoms with E-state index in [1.54, 1.807) is 19.1 Å². The average molecular weight is 724 g/mol. The third-order valence-corrected chi connectivity index (χ3v) is 9.96. The zero-order valence-corrected chi connectivity index (χ0v) is 29.9. The maximum absolute atomic E-state index is 14.0. The molecule has 0 saturated carbocycles. The molecule has 50 heavy (non-hydrogen) atoms. The second kappa shape index (κ2) is 16.0. The van der Waals surface area contributed by atoms with Crippen molar-refractivity contribution in [2.75, 3.05) is 19.8 Å². The summed E-state index contributed by atoms with van der Waals surface area (Å²) in [5.74, 6) is -0.660. The molecule has 10 heteroatoms. The van der Waals surface area contributed by atoms with Crippen molar-refractivity contribution in [1.29, 1.82) is 0 Å². The van der Waals surface area contributed by atoms with E-state index in [0.717, 1.165) is 35.1 Å². The number of halogens is 4. The summed E-state index contributed by atoms with van der Waals surface area (Å²) in [4.78, 5) is 24.2. The average Bonchev–Trinajstić information content (AvgIpc) is 3.55. The summed E-state index contributed by atoms with van der Waals surface area (Å²) in [5.41, 5.74) is 3.48. The zero-order chi connectivity index (χ0) is 36.1. The number of carbonyl (C=O) groups is 2. The number of nitrogens with one attached hydrogen (secondary N) is 2. The van der Waals surface area contributed by atoms with E-state index in [9.17, 15) is 23.5 Å². The van der Waals surface area contributed by atoms with E-state index in [1.165, 1.54) is 24.3 Å². The van der Waals surface area contributed by atoms with Crippen LogP contribution in [0.2, 0.25) is 10.0 Å². The third kappa shape index (κ3) is 8.90. The molecule has 0 unspecified atom stereocenters. The first-order chi connectivity index (χ1) is 23.8. The van der Waals surface area contributed by atoms with Crippen LogP contribution in [0, 0.1) is 22.5 Å². The normalized spacial score (nSPS) is 22.9. The molecule has 2 heterocycles. The largest absolute Gasteiger partial charge is 0.395 e. The van der Waals surface area contributed by atoms with E-state index in [-0.39, 0.29) is 42.1 Å². The molecule has 6 nitrogen and oxygen atoms in total. The number of benzene rings is 4. The van der Waals surface area contributed by atoms with Crippen molar-refractivity contribution in [1.82, 2.24) is 10.6 Å². The number of hydrogen-bond donors (Lipinski definition) is 3. The van der Waals surface area contributed by atoms with Gasteiger partial charge in [-0.3, -0.25) is 9.59 Å². The summed E-state index contributed by atoms with van der Waals surface area (Å²) < 4.78 is 33.4. The number of aliphatic hydroxyl groups excluding tert-OH is 1. The minimum absolute atomic E-state index is 0.00315. The molecule has 0 aliphatic carbocycles. The lowest BCUT2D eigenvalue weighted by molar-refractivity contribution is -0.130. The molecular weight excluding hydrogens is 681 g/mol. The van der Waals surface area contributed by atoms with Crippen molar-refractivity contribution in [2.45, 2.75) is 58.5 Å². The summed E-state index contributed by atoms with van der Waals surface area (Å²) in [5, 5.41) is 16.4. The quantitative estimate of drug-likeness (QED) is 0.154. The van der Waals surface area contributed by atoms with Crippen LogP contribution >= 0.6 is 23.2 Å². The Morgan fingerprint density at radius 2 is 1.14 bits per heavy atom. The Morgan fingerprint density at radius 1 is 0.720 bits per heavy atom. The van der Waals surface area contributed by atoms with Gasteiger partial charge in [-0.1, -0.05) is 71.7 Å². The van der Waals surface area contributed by atoms with Crippen LogP contribution in [0.5, 0.6) is 0 Å². The molecule has 0 bridgehead atoms. The smallest absolute Gasteiger partial charge is 0.228 e. The highest BCUT2D eigenvalue weighted by atomic mass is 35.5. The van der Waals surface area contributed by atoms with Crippen molar-refractivity contribution < 1.29 is 28.2 Å². The first-order valence-electron chi connectivity index (χ1n) is 16.7. The summed E-state index contributed by atoms with van der Waals surface area (Å²) in [6.07, 6.45) is 2.77. The molecule has 2 fully saturated rings. The fraction of sp³-hybridized carbons (Fsp3) is 0.350. The summed E-state index contributed by atoms with van der Waals surface area (Å²) in [6, 6.07) is 24.4. The van der Waals surface area contributed by atoms with E-state index in [2.05, 4.69) is 10.6 Å². The van der Waals surface area contributed by atoms with Gasteiger partial charge in [-0.25, -0.2) is 8.78 Å². The van der Waals surface area contributed by atoms with Crippen molar-refractivity contribution in [2.24, 2.45) is 10.8 Å². The van der Waals surface area contributed by atoms with Gasteiger partial charge < -0.3 is 20.5 Å². The van der Waals surface area contributed by atoms with Crippen LogP contribution in [0.4, 0.5) is 8.78 Å². The van der Waals surface area contributed by atoms with Crippen LogP contribution in [0.15, 0.2) is 84.9 Å². The molecule has 0 spiro atoms. The molecule has 2 aliphatic rings. The SMILES string of the molecule is CCOC[C@]1(C)C[C@@H](Cc2ccc(-c3cc(Cl)ccc3F)cc2)NC1=O.C[C@@]1(CO)C[C@@H](Cc2ccc(-c3cc(Cl)ccc3F)cc2)NC1=O. The van der Waals surface area contributed by atoms with Crippen LogP contribution < -0.4 is 10.6 Å². The molecule has 0 aromatic heterocycles. The molecule has 2 saturated heterocycles. The maximum Gasteiger partial charge on any atom is 0.228 e. The van der Waals surface area contributed by atoms with Gasteiger partial charge in [-0.2, -0.15) is 0 Å². The fourth-order valence-electron chi connectivity index (χ4n) is 6.58. The molecule has 2 aliphatic heterocycles. The predicted octanol–water partition coefficient (Wildman–Crippen LogP) is 8.20. The minimum Gasteiger partial charge on any atom is -0.395 e. The highest BCUT2D eigenvalue weighted by molar-refractivity contribution is 6.31. The Hall–Kier alpha value is -3.82. The van der Waals surface area contributed by atoms with Crippen LogP contribution in [0.25, 0.3) is 22.3 Å². The molecule has 2 amide bonds. The third-order valence-electron chi connectivity index (χ3n) is 9.49. The lowest BCUT2D eigenvalue weighted by Gasteiger charge is -2.20. The van der Waals surface area contributed by atoms with Crippen LogP contribution in [-0.2, 0) is 27.2 Å². The second-order valence-corrected chi connectivity index (χ2v) is 14.6. The Labute approximate surface area is 302 Å². The molecular formula is C40H42Cl2F2N2O4. The van der Waals surface area contributed by atoms with E-state index in [1.807, 2.05) is 62.4 Å². The highest BCUT2D eigenvalue weighted by Crippen LogP contribution is 2.33. The summed E-state index contributed by atoms with van der Waals surface area (Å²) in [7, 11) is 0. The molecule has 3 N–H and O–H groups in total. The standard InChI is InChI=1S/C21H23ClFNO2.C19H19ClFNO2/c1-3-26-13-21(2)12-17(24-20(21)25)10-14-4-6-15(7-5-14)18-11-16(22)8-9-19(18)23;1-19(11-23)10-15(22-18(19)24)8-12-2-4-13(5-3-12)16-9-14(20)6-7-17(16)21/h4-9,11,17H,3,10,12-13H2,1-2H3,(H,24,25);2-7,9,15,23H,8,10-11H2,1H3,(H,22,24)/t17-,21+;15-,19+/m11/s1. The first kappa shape index (κ1) is 37.4. The van der Waals surface area contributed by atoms with E-state index < -0.39 is 10.8 Å². The van der Waals surface area contributed by atoms with Gasteiger partial charge in [-0.15, -0.1) is 0 Å². The predicted molar refractivity (Wildman–Crippen MR) is 194 cm³/mol. The van der Waals surface area contributed by atoms with Gasteiger partial charge in [0.1, 0.15) is 11.6 Å². The molecule has 4 aromatic rings. The fourth-order valence-corrected chi connectivity index (χ4v) is 6.92. The molecule has 0 radical (unpaired) electrons. The van der Waals surface area contributed by atoms with Gasteiger partial charge in [0.25, 0.3) is 0 Å². The van der Waals surface area contributed by atoms with Crippen LogP contribution in [0.1, 0.15) is 44.7 Å². The topological polar surface area (TPSA) is 87.7 Å². The summed E-state index contributed by atoms with van der Waals surface area (Å²) in [6.45, 7) is 6.55. The molecule has 4 atom stereocenters. The van der Waals surface area contributed by atoms with Gasteiger partial charge >= 0.3 is 0 Å². The van der Waals surface area contributed by atoms with Crippen molar-refractivity contribution >= 4 is 35.0 Å². The number of hydrogen-bond acceptors (Lipinski definition) is 4. The van der Waals surface area contributed by atoms with E-state index in [4.69, 9.17) is 27.9 Å². The van der Waals surface area contributed by atoms with Gasteiger partial charge in [0.05, 0.1) is 24.0 Å². The Morgan fingerprint density at radius 3 is 1.54 bits per heavy atom. The monoisotopic (exact) mass is 722 g/mol. The lowest BCUT2D eigenvalue weighted by Crippen LogP contribution is -2.33. The Kier molecular flexibility index (Phi) is 12.0. The zero-order valence-electron chi connectivity index (χ0n) is 28.4. The lowest BCUT2D eigenvalue weighted by atomic mass is 9.86. The van der Waals surface area contributed by atoms with Crippen LogP contribution in [0.3, 0.4) is 0 Å². The molecule has 264 valence electrons. The molecule has 4 aromatic carbocycles. The van der Waals surface area contributed by atoms with Gasteiger partial charge in [0, 0.05) is 39.9 Å². The van der Waals surface area contributed by atoms with E-state index >= 15 is 0 Å². The van der Waals surface area contributed by atoms with Gasteiger partial charge in [0.2, 0.25) is 11.8 Å². The number of carbonyl (C=O) groups excluding carboxylic acids is 2. The Bertz CT molecular complexity index is 1820. The van der Waals surface area contributed by atoms with Crippen LogP contribution in [-0.4, -0.2) is 48.8 Å². The maximum atomic E-state index is 14.0. The van der Waals surface area contributed by atoms with Crippen molar-refractivity contribution in [3.05, 3.63) is 118 Å². The number of amides is 2. The van der Waals surface area contributed by atoms with E-state index in [0.29, 0.717) is 47.2 Å². The first-order valence-corrected chi connectivity index (χ1v) is 17.5. The summed E-state index contributed by atoms with van der Waals surface area (Å²) >= 11 is 11.9. The Balaban J connectivity index is 0.000000195. The number of aliphatic hydroxyl groups is 1.